The molecule has 0 aromatic heterocycles. The van der Waals surface area contributed by atoms with Crippen LogP contribution in [0.3, 0.4) is 0 Å². The average molecular weight is 179 g/mol. The minimum absolute atomic E-state index is 0.0688. The molecule has 0 fully saturated rings. The Kier molecular flexibility index (Phi) is 3.14. The molecular formula is C9H9NO3. The van der Waals surface area contributed by atoms with Crippen molar-refractivity contribution >= 4 is 12.0 Å². The van der Waals surface area contributed by atoms with E-state index in [9.17, 15) is 9.70 Å². The summed E-state index contributed by atoms with van der Waals surface area (Å²) in [5.74, 6) is 0.349. The van der Waals surface area contributed by atoms with Crippen LogP contribution in [0.5, 0.6) is 5.75 Å². The molecule has 0 amide bonds. The molecule has 0 saturated carbocycles. The van der Waals surface area contributed by atoms with Crippen molar-refractivity contribution in [2.45, 2.75) is 6.92 Å². The molecule has 1 aromatic carbocycles. The van der Waals surface area contributed by atoms with Crippen molar-refractivity contribution in [3.8, 4) is 5.75 Å². The Morgan fingerprint density at radius 3 is 2.85 bits per heavy atom. The van der Waals surface area contributed by atoms with Gasteiger partial charge in [0.15, 0.2) is 12.0 Å². The molecule has 0 aliphatic carbocycles. The third-order valence-electron chi connectivity index (χ3n) is 1.55. The molecule has 0 spiro atoms. The minimum atomic E-state index is 0.0688. The normalized spacial score (nSPS) is 9.31. The van der Waals surface area contributed by atoms with E-state index in [1.54, 1.807) is 19.1 Å². The summed E-state index contributed by atoms with van der Waals surface area (Å²) in [7, 11) is 0. The van der Waals surface area contributed by atoms with Gasteiger partial charge >= 0.3 is 0 Å². The van der Waals surface area contributed by atoms with Crippen molar-refractivity contribution in [2.75, 3.05) is 6.61 Å². The molecule has 13 heavy (non-hydrogen) atoms. The van der Waals surface area contributed by atoms with Crippen molar-refractivity contribution in [3.05, 3.63) is 28.7 Å². The summed E-state index contributed by atoms with van der Waals surface area (Å²) in [5.41, 5.74) is 0.320. The molecule has 0 heterocycles. The van der Waals surface area contributed by atoms with Gasteiger partial charge in [-0.1, -0.05) is 6.07 Å². The third-order valence-corrected chi connectivity index (χ3v) is 1.55. The van der Waals surface area contributed by atoms with Crippen LogP contribution in [0.25, 0.3) is 0 Å². The smallest absolute Gasteiger partial charge is 0.160 e. The van der Waals surface area contributed by atoms with Gasteiger partial charge in [-0.25, -0.2) is 0 Å². The Balaban J connectivity index is 3.18. The predicted octanol–water partition coefficient (Wildman–Crippen LogP) is 2.30. The number of rotatable bonds is 4. The monoisotopic (exact) mass is 179 g/mol. The second-order valence-electron chi connectivity index (χ2n) is 2.34. The first-order valence-electron chi connectivity index (χ1n) is 3.87. The molecule has 0 atom stereocenters. The highest BCUT2D eigenvalue weighted by molar-refractivity contribution is 5.85. The van der Waals surface area contributed by atoms with E-state index in [-0.39, 0.29) is 11.3 Å². The summed E-state index contributed by atoms with van der Waals surface area (Å²) >= 11 is 0. The largest absolute Gasteiger partial charge is 0.491 e. The number of hydrogen-bond acceptors (Lipinski definition) is 4. The van der Waals surface area contributed by atoms with Crippen LogP contribution in [0.15, 0.2) is 23.4 Å². The zero-order chi connectivity index (χ0) is 9.68. The van der Waals surface area contributed by atoms with Gasteiger partial charge in [-0.3, -0.25) is 4.79 Å². The van der Waals surface area contributed by atoms with E-state index >= 15 is 0 Å². The quantitative estimate of drug-likeness (QED) is 0.526. The SMILES string of the molecule is CCOc1cccc(C=O)c1N=O. The zero-order valence-electron chi connectivity index (χ0n) is 7.19. The van der Waals surface area contributed by atoms with E-state index in [1.807, 2.05) is 0 Å². The molecular weight excluding hydrogens is 170 g/mol. The second-order valence-corrected chi connectivity index (χ2v) is 2.34. The molecule has 0 N–H and O–H groups in total. The van der Waals surface area contributed by atoms with Crippen molar-refractivity contribution in [2.24, 2.45) is 5.18 Å². The Hall–Kier alpha value is -1.71. The summed E-state index contributed by atoms with van der Waals surface area (Å²) in [6.45, 7) is 2.23. The number of carbonyl (C=O) groups excluding carboxylic acids is 1. The Labute approximate surface area is 75.5 Å². The molecule has 0 bridgehead atoms. The standard InChI is InChI=1S/C9H9NO3/c1-2-13-8-5-3-4-7(6-11)9(8)10-12/h3-6H,2H2,1H3. The number of carbonyl (C=O) groups is 1. The number of aldehydes is 1. The molecule has 1 rings (SSSR count). The summed E-state index contributed by atoms with van der Waals surface area (Å²) < 4.78 is 5.12. The first-order chi connectivity index (χ1) is 6.33. The highest BCUT2D eigenvalue weighted by Gasteiger charge is 2.08. The van der Waals surface area contributed by atoms with Crippen LogP contribution in [0, 0.1) is 4.91 Å². The lowest BCUT2D eigenvalue weighted by atomic mass is 10.2. The van der Waals surface area contributed by atoms with Gasteiger partial charge in [0.25, 0.3) is 0 Å². The molecule has 0 unspecified atom stereocenters. The number of benzene rings is 1. The topological polar surface area (TPSA) is 55.7 Å². The third kappa shape index (κ3) is 1.90. The van der Waals surface area contributed by atoms with Crippen LogP contribution in [-0.4, -0.2) is 12.9 Å². The maximum atomic E-state index is 10.5. The molecule has 4 nitrogen and oxygen atoms in total. The van der Waals surface area contributed by atoms with E-state index in [0.717, 1.165) is 0 Å². The highest BCUT2D eigenvalue weighted by Crippen LogP contribution is 2.30. The van der Waals surface area contributed by atoms with E-state index in [2.05, 4.69) is 5.18 Å². The fourth-order valence-electron chi connectivity index (χ4n) is 1.00. The van der Waals surface area contributed by atoms with Crippen molar-refractivity contribution in [1.29, 1.82) is 0 Å². The number of nitrogens with zero attached hydrogens (tertiary/aromatic N) is 1. The molecule has 68 valence electrons. The van der Waals surface area contributed by atoms with Crippen LogP contribution < -0.4 is 4.74 Å². The number of ether oxygens (including phenoxy) is 1. The lowest BCUT2D eigenvalue weighted by Gasteiger charge is -2.05. The average Bonchev–Trinajstić information content (AvgIpc) is 2.18. The summed E-state index contributed by atoms with van der Waals surface area (Å²) in [5, 5.41) is 2.75. The minimum Gasteiger partial charge on any atom is -0.491 e. The van der Waals surface area contributed by atoms with E-state index in [0.29, 0.717) is 18.6 Å². The summed E-state index contributed by atoms with van der Waals surface area (Å²) in [6.07, 6.45) is 0.583. The molecule has 0 saturated heterocycles. The lowest BCUT2D eigenvalue weighted by molar-refractivity contribution is 0.112. The van der Waals surface area contributed by atoms with Crippen molar-refractivity contribution in [3.63, 3.8) is 0 Å². The Morgan fingerprint density at radius 2 is 2.31 bits per heavy atom. The van der Waals surface area contributed by atoms with Crippen LogP contribution in [0.2, 0.25) is 0 Å². The summed E-state index contributed by atoms with van der Waals surface area (Å²) in [4.78, 5) is 20.9. The lowest BCUT2D eigenvalue weighted by Crippen LogP contribution is -1.93. The van der Waals surface area contributed by atoms with Gasteiger partial charge < -0.3 is 4.74 Å². The van der Waals surface area contributed by atoms with E-state index in [4.69, 9.17) is 4.74 Å². The number of hydrogen-bond donors (Lipinski definition) is 0. The van der Waals surface area contributed by atoms with Crippen molar-refractivity contribution < 1.29 is 9.53 Å². The van der Waals surface area contributed by atoms with E-state index in [1.165, 1.54) is 6.07 Å². The van der Waals surface area contributed by atoms with Gasteiger partial charge in [-0.15, -0.1) is 4.91 Å². The zero-order valence-corrected chi connectivity index (χ0v) is 7.19. The maximum absolute atomic E-state index is 10.5. The Bertz CT molecular complexity index is 323. The first-order valence-corrected chi connectivity index (χ1v) is 3.87. The van der Waals surface area contributed by atoms with Crippen LogP contribution in [0.1, 0.15) is 17.3 Å². The fourth-order valence-corrected chi connectivity index (χ4v) is 1.00. The molecule has 1 aromatic rings. The van der Waals surface area contributed by atoms with Gasteiger partial charge in [0.05, 0.1) is 6.61 Å². The highest BCUT2D eigenvalue weighted by atomic mass is 16.5. The number of nitroso groups, excluding NO2 is 1. The molecule has 0 aliphatic rings. The van der Waals surface area contributed by atoms with Gasteiger partial charge in [0.2, 0.25) is 0 Å². The second kappa shape index (κ2) is 4.35. The van der Waals surface area contributed by atoms with Crippen molar-refractivity contribution in [1.82, 2.24) is 0 Å². The van der Waals surface area contributed by atoms with Gasteiger partial charge in [-0.2, -0.15) is 0 Å². The molecule has 4 heteroatoms. The predicted molar refractivity (Wildman–Crippen MR) is 48.5 cm³/mol. The first kappa shape index (κ1) is 9.38. The van der Waals surface area contributed by atoms with Gasteiger partial charge in [-0.05, 0) is 24.2 Å². The van der Waals surface area contributed by atoms with Crippen LogP contribution >= 0.6 is 0 Å². The fraction of sp³-hybridized carbons (Fsp3) is 0.222. The Morgan fingerprint density at radius 1 is 1.54 bits per heavy atom. The van der Waals surface area contributed by atoms with Gasteiger partial charge in [0.1, 0.15) is 5.75 Å². The molecule has 0 radical (unpaired) electrons. The van der Waals surface area contributed by atoms with Crippen LogP contribution in [-0.2, 0) is 0 Å². The van der Waals surface area contributed by atoms with E-state index < -0.39 is 0 Å². The maximum Gasteiger partial charge on any atom is 0.160 e. The van der Waals surface area contributed by atoms with Crippen LogP contribution in [0.4, 0.5) is 5.69 Å². The molecule has 0 aliphatic heterocycles. The summed E-state index contributed by atoms with van der Waals surface area (Å²) in [6, 6.07) is 4.77. The van der Waals surface area contributed by atoms with Gasteiger partial charge in [0, 0.05) is 5.56 Å².